The molecule has 2 aliphatic carbocycles. The first kappa shape index (κ1) is 41.3. The molecule has 11 aromatic carbocycles. The van der Waals surface area contributed by atoms with Gasteiger partial charge in [-0.25, -0.2) is 0 Å². The van der Waals surface area contributed by atoms with Crippen molar-refractivity contribution in [3.8, 4) is 56.0 Å². The molecule has 0 atom stereocenters. The van der Waals surface area contributed by atoms with Crippen LogP contribution in [0.15, 0.2) is 231 Å². The van der Waals surface area contributed by atoms with Gasteiger partial charge in [0.15, 0.2) is 0 Å². The molecule has 0 saturated carbocycles. The molecule has 0 bridgehead atoms. The van der Waals surface area contributed by atoms with Crippen LogP contribution in [0, 0.1) is 0 Å². The van der Waals surface area contributed by atoms with Crippen molar-refractivity contribution in [1.29, 1.82) is 0 Å². The van der Waals surface area contributed by atoms with Crippen molar-refractivity contribution in [2.24, 2.45) is 0 Å². The van der Waals surface area contributed by atoms with Crippen LogP contribution in [0.4, 0.5) is 34.1 Å². The second-order valence-corrected chi connectivity index (χ2v) is 20.4. The molecule has 0 saturated heterocycles. The number of benzene rings is 11. The SMILES string of the molecule is CC1(C)c2ccccc2-c2ccc(N(c3ccccc3)c3ccc(-c4ccc5c(c4)Oc4cccc6c(N(c7ccccc7)c7ccc8c(c7)C(C)(C)c7ccccc7-8)ccc-5c46)c4ccccc34)cc21. The molecule has 11 aromatic rings. The number of ether oxygens (including phenoxy) is 1. The van der Waals surface area contributed by atoms with Crippen LogP contribution in [0.25, 0.3) is 66.1 Å². The molecule has 338 valence electrons. The third-order valence-corrected chi connectivity index (χ3v) is 15.8. The van der Waals surface area contributed by atoms with E-state index >= 15 is 0 Å². The van der Waals surface area contributed by atoms with Crippen LogP contribution in [0.2, 0.25) is 0 Å². The average molecular weight is 911 g/mol. The first-order valence-corrected chi connectivity index (χ1v) is 24.8. The van der Waals surface area contributed by atoms with Gasteiger partial charge in [0.2, 0.25) is 0 Å². The molecule has 1 aliphatic heterocycles. The molecule has 0 amide bonds. The summed E-state index contributed by atoms with van der Waals surface area (Å²) in [5, 5.41) is 4.62. The molecule has 1 heterocycles. The van der Waals surface area contributed by atoms with Crippen LogP contribution in [-0.2, 0) is 10.8 Å². The third kappa shape index (κ3) is 6.15. The summed E-state index contributed by atoms with van der Waals surface area (Å²) < 4.78 is 7.02. The van der Waals surface area contributed by atoms with E-state index in [1.807, 2.05) is 0 Å². The van der Waals surface area contributed by atoms with Gasteiger partial charge in [-0.15, -0.1) is 0 Å². The van der Waals surface area contributed by atoms with Crippen LogP contribution in [0.1, 0.15) is 49.9 Å². The predicted octanol–water partition coefficient (Wildman–Crippen LogP) is 19.0. The lowest BCUT2D eigenvalue weighted by Gasteiger charge is -2.30. The van der Waals surface area contributed by atoms with Gasteiger partial charge in [-0.1, -0.05) is 179 Å². The Labute approximate surface area is 415 Å². The van der Waals surface area contributed by atoms with Gasteiger partial charge < -0.3 is 14.5 Å². The van der Waals surface area contributed by atoms with Gasteiger partial charge in [-0.2, -0.15) is 0 Å². The van der Waals surface area contributed by atoms with E-state index in [-0.39, 0.29) is 10.8 Å². The lowest BCUT2D eigenvalue weighted by atomic mass is 9.82. The second kappa shape index (κ2) is 15.4. The molecule has 0 fully saturated rings. The number of hydrogen-bond acceptors (Lipinski definition) is 3. The highest BCUT2D eigenvalue weighted by Crippen LogP contribution is 2.55. The fourth-order valence-corrected chi connectivity index (χ4v) is 12.4. The summed E-state index contributed by atoms with van der Waals surface area (Å²) in [5.74, 6) is 1.72. The van der Waals surface area contributed by atoms with Crippen molar-refractivity contribution in [2.75, 3.05) is 9.80 Å². The second-order valence-electron chi connectivity index (χ2n) is 20.4. The van der Waals surface area contributed by atoms with Crippen molar-refractivity contribution in [2.45, 2.75) is 38.5 Å². The van der Waals surface area contributed by atoms with Crippen LogP contribution >= 0.6 is 0 Å². The number of fused-ring (bicyclic) bond motifs is 9. The quantitative estimate of drug-likeness (QED) is 0.158. The number of para-hydroxylation sites is 2. The van der Waals surface area contributed by atoms with E-state index in [0.717, 1.165) is 73.1 Å². The molecule has 0 spiro atoms. The van der Waals surface area contributed by atoms with E-state index in [2.05, 4.69) is 268 Å². The first-order chi connectivity index (χ1) is 34.7. The number of rotatable bonds is 7. The zero-order valence-electron chi connectivity index (χ0n) is 40.2. The van der Waals surface area contributed by atoms with Crippen LogP contribution in [0.3, 0.4) is 0 Å². The molecule has 3 heteroatoms. The van der Waals surface area contributed by atoms with Crippen molar-refractivity contribution >= 4 is 55.7 Å². The summed E-state index contributed by atoms with van der Waals surface area (Å²) in [5.41, 5.74) is 21.8. The Morgan fingerprint density at radius 1 is 0.296 bits per heavy atom. The maximum Gasteiger partial charge on any atom is 0.135 e. The van der Waals surface area contributed by atoms with Gasteiger partial charge in [0.1, 0.15) is 11.5 Å². The van der Waals surface area contributed by atoms with Crippen LogP contribution < -0.4 is 14.5 Å². The smallest absolute Gasteiger partial charge is 0.135 e. The van der Waals surface area contributed by atoms with E-state index in [0.29, 0.717) is 0 Å². The molecule has 3 aliphatic rings. The van der Waals surface area contributed by atoms with Gasteiger partial charge in [-0.05, 0) is 145 Å². The highest BCUT2D eigenvalue weighted by Gasteiger charge is 2.37. The molecule has 0 unspecified atom stereocenters. The Morgan fingerprint density at radius 2 is 0.761 bits per heavy atom. The molecular weight excluding hydrogens is 861 g/mol. The van der Waals surface area contributed by atoms with E-state index in [9.17, 15) is 0 Å². The van der Waals surface area contributed by atoms with Crippen LogP contribution in [-0.4, -0.2) is 0 Å². The zero-order chi connectivity index (χ0) is 47.6. The molecule has 0 radical (unpaired) electrons. The van der Waals surface area contributed by atoms with Gasteiger partial charge >= 0.3 is 0 Å². The van der Waals surface area contributed by atoms with Gasteiger partial charge in [0.05, 0.1) is 11.4 Å². The van der Waals surface area contributed by atoms with Gasteiger partial charge in [0, 0.05) is 55.3 Å². The fraction of sp³-hybridized carbons (Fsp3) is 0.0882. The summed E-state index contributed by atoms with van der Waals surface area (Å²) in [6, 6.07) is 84.6. The highest BCUT2D eigenvalue weighted by atomic mass is 16.5. The van der Waals surface area contributed by atoms with Gasteiger partial charge in [0.25, 0.3) is 0 Å². The van der Waals surface area contributed by atoms with E-state index < -0.39 is 0 Å². The predicted molar refractivity (Wildman–Crippen MR) is 297 cm³/mol. The van der Waals surface area contributed by atoms with E-state index in [4.69, 9.17) is 4.74 Å². The molecule has 3 nitrogen and oxygen atoms in total. The summed E-state index contributed by atoms with van der Waals surface area (Å²) in [6.07, 6.45) is 0. The molecule has 0 aromatic heterocycles. The standard InChI is InChI=1S/C68H50N2O/c1-67(2)58-27-15-13-23-50(58)52-34-31-46(41-60(52)67)69(44-18-7-5-8-19-44)62-38-36-48(49-22-11-12-25-54(49)62)43-30-33-55-56-37-39-63(57-26-17-29-64(66(56)57)71-65(55)40-43)70(45-20-9-6-10-21-45)47-32-35-53-51-24-14-16-28-59(51)68(3,4)61(53)42-47/h5-42H,1-4H3. The number of anilines is 6. The molecule has 14 rings (SSSR count). The average Bonchev–Trinajstić information content (AvgIpc) is 3.79. The third-order valence-electron chi connectivity index (χ3n) is 15.8. The molecule has 71 heavy (non-hydrogen) atoms. The minimum atomic E-state index is -0.119. The zero-order valence-corrected chi connectivity index (χ0v) is 40.2. The Bertz CT molecular complexity index is 3980. The minimum Gasteiger partial charge on any atom is -0.456 e. The Morgan fingerprint density at radius 3 is 1.37 bits per heavy atom. The Balaban J connectivity index is 0.864. The summed E-state index contributed by atoms with van der Waals surface area (Å²) in [4.78, 5) is 4.84. The Hall–Kier alpha value is -8.66. The lowest BCUT2D eigenvalue weighted by molar-refractivity contribution is 0.487. The maximum absolute atomic E-state index is 7.02. The summed E-state index contributed by atoms with van der Waals surface area (Å²) >= 11 is 0. The van der Waals surface area contributed by atoms with Crippen molar-refractivity contribution in [1.82, 2.24) is 0 Å². The van der Waals surface area contributed by atoms with Crippen molar-refractivity contribution < 1.29 is 4.74 Å². The lowest BCUT2D eigenvalue weighted by Crippen LogP contribution is -2.16. The molecular formula is C68H50N2O. The Kier molecular flexibility index (Phi) is 8.98. The van der Waals surface area contributed by atoms with E-state index in [1.165, 1.54) is 60.8 Å². The van der Waals surface area contributed by atoms with E-state index in [1.54, 1.807) is 0 Å². The number of nitrogens with zero attached hydrogens (tertiary/aromatic N) is 2. The first-order valence-electron chi connectivity index (χ1n) is 24.8. The van der Waals surface area contributed by atoms with Crippen molar-refractivity contribution in [3.63, 3.8) is 0 Å². The van der Waals surface area contributed by atoms with Crippen molar-refractivity contribution in [3.05, 3.63) is 253 Å². The summed E-state index contributed by atoms with van der Waals surface area (Å²) in [7, 11) is 0. The summed E-state index contributed by atoms with van der Waals surface area (Å²) in [6.45, 7) is 9.41. The molecule has 0 N–H and O–H groups in total. The highest BCUT2D eigenvalue weighted by molar-refractivity contribution is 6.12. The number of hydrogen-bond donors (Lipinski definition) is 0. The largest absolute Gasteiger partial charge is 0.456 e. The van der Waals surface area contributed by atoms with Crippen LogP contribution in [0.5, 0.6) is 11.5 Å². The maximum atomic E-state index is 7.02. The normalized spacial score (nSPS) is 14.0. The monoisotopic (exact) mass is 910 g/mol. The van der Waals surface area contributed by atoms with Gasteiger partial charge in [-0.3, -0.25) is 0 Å². The minimum absolute atomic E-state index is 0.115. The fourth-order valence-electron chi connectivity index (χ4n) is 12.4. The topological polar surface area (TPSA) is 15.7 Å².